The van der Waals surface area contributed by atoms with Gasteiger partial charge in [0.25, 0.3) is 0 Å². The molecule has 0 atom stereocenters. The van der Waals surface area contributed by atoms with Crippen LogP contribution in [-0.2, 0) is 6.42 Å². The second-order valence-electron chi connectivity index (χ2n) is 5.86. The van der Waals surface area contributed by atoms with Crippen LogP contribution in [0.15, 0.2) is 24.3 Å². The minimum absolute atomic E-state index is 0.717. The predicted octanol–water partition coefficient (Wildman–Crippen LogP) is 5.62. The van der Waals surface area contributed by atoms with Gasteiger partial charge in [-0.2, -0.15) is 0 Å². The molecule has 19 heavy (non-hydrogen) atoms. The molecule has 0 saturated carbocycles. The highest BCUT2D eigenvalue weighted by atomic mass is 16.5. The van der Waals surface area contributed by atoms with E-state index in [1.54, 1.807) is 0 Å². The third-order valence-electron chi connectivity index (χ3n) is 3.33. The van der Waals surface area contributed by atoms with Crippen molar-refractivity contribution < 1.29 is 4.74 Å². The SMILES string of the molecule is CCCCCCCCOc1ccc(CC(C)C)cc1. The van der Waals surface area contributed by atoms with E-state index in [9.17, 15) is 0 Å². The Morgan fingerprint density at radius 1 is 0.895 bits per heavy atom. The normalized spacial score (nSPS) is 10.9. The molecule has 1 rings (SSSR count). The lowest BCUT2D eigenvalue weighted by Crippen LogP contribution is -1.98. The fourth-order valence-electron chi connectivity index (χ4n) is 2.27. The molecule has 0 aliphatic carbocycles. The van der Waals surface area contributed by atoms with E-state index >= 15 is 0 Å². The Labute approximate surface area is 119 Å². The molecule has 1 aromatic rings. The quantitative estimate of drug-likeness (QED) is 0.497. The van der Waals surface area contributed by atoms with Crippen LogP contribution < -0.4 is 4.74 Å². The molecular formula is C18H30O. The van der Waals surface area contributed by atoms with Crippen molar-refractivity contribution in [2.24, 2.45) is 5.92 Å². The summed E-state index contributed by atoms with van der Waals surface area (Å²) in [5.74, 6) is 1.73. The number of rotatable bonds is 10. The molecule has 1 aromatic carbocycles. The van der Waals surface area contributed by atoms with Crippen molar-refractivity contribution >= 4 is 0 Å². The molecule has 108 valence electrons. The zero-order valence-electron chi connectivity index (χ0n) is 13.0. The summed E-state index contributed by atoms with van der Waals surface area (Å²) in [6, 6.07) is 8.59. The van der Waals surface area contributed by atoms with Crippen LogP contribution in [0.4, 0.5) is 0 Å². The Balaban J connectivity index is 2.12. The molecule has 0 saturated heterocycles. The van der Waals surface area contributed by atoms with Crippen molar-refractivity contribution in [3.8, 4) is 5.75 Å². The maximum atomic E-state index is 5.77. The van der Waals surface area contributed by atoms with Crippen LogP contribution >= 0.6 is 0 Å². The van der Waals surface area contributed by atoms with Gasteiger partial charge < -0.3 is 4.74 Å². The fraction of sp³-hybridized carbons (Fsp3) is 0.667. The maximum absolute atomic E-state index is 5.77. The Hall–Kier alpha value is -0.980. The minimum Gasteiger partial charge on any atom is -0.494 e. The molecule has 0 fully saturated rings. The van der Waals surface area contributed by atoms with Crippen LogP contribution in [0, 0.1) is 5.92 Å². The van der Waals surface area contributed by atoms with Crippen LogP contribution in [0.1, 0.15) is 64.9 Å². The molecule has 0 aliphatic heterocycles. The molecule has 1 heteroatoms. The summed E-state index contributed by atoms with van der Waals surface area (Å²) in [6.07, 6.45) is 9.04. The standard InChI is InChI=1S/C18H30O/c1-4-5-6-7-8-9-14-19-18-12-10-17(11-13-18)15-16(2)3/h10-13,16H,4-9,14-15H2,1-3H3. The molecule has 0 unspecified atom stereocenters. The smallest absolute Gasteiger partial charge is 0.119 e. The Bertz CT molecular complexity index is 313. The van der Waals surface area contributed by atoms with E-state index in [-0.39, 0.29) is 0 Å². The molecule has 0 aromatic heterocycles. The highest BCUT2D eigenvalue weighted by Gasteiger charge is 1.99. The van der Waals surface area contributed by atoms with Crippen molar-refractivity contribution in [2.75, 3.05) is 6.61 Å². The predicted molar refractivity (Wildman–Crippen MR) is 83.9 cm³/mol. The lowest BCUT2D eigenvalue weighted by atomic mass is 10.0. The summed E-state index contributed by atoms with van der Waals surface area (Å²) >= 11 is 0. The summed E-state index contributed by atoms with van der Waals surface area (Å²) in [7, 11) is 0. The Kier molecular flexibility index (Phi) is 8.36. The van der Waals surface area contributed by atoms with E-state index in [1.165, 1.54) is 44.1 Å². The lowest BCUT2D eigenvalue weighted by molar-refractivity contribution is 0.304. The molecule has 0 bridgehead atoms. The maximum Gasteiger partial charge on any atom is 0.119 e. The summed E-state index contributed by atoms with van der Waals surface area (Å²) in [5.41, 5.74) is 1.40. The zero-order chi connectivity index (χ0) is 13.9. The van der Waals surface area contributed by atoms with Gasteiger partial charge in [-0.3, -0.25) is 0 Å². The highest BCUT2D eigenvalue weighted by Crippen LogP contribution is 2.15. The van der Waals surface area contributed by atoms with Gasteiger partial charge >= 0.3 is 0 Å². The van der Waals surface area contributed by atoms with Crippen LogP contribution in [0.2, 0.25) is 0 Å². The van der Waals surface area contributed by atoms with E-state index in [4.69, 9.17) is 4.74 Å². The average Bonchev–Trinajstić information content (AvgIpc) is 2.39. The molecular weight excluding hydrogens is 232 g/mol. The summed E-state index contributed by atoms with van der Waals surface area (Å²) < 4.78 is 5.77. The summed E-state index contributed by atoms with van der Waals surface area (Å²) in [4.78, 5) is 0. The summed E-state index contributed by atoms with van der Waals surface area (Å²) in [6.45, 7) is 7.62. The third-order valence-corrected chi connectivity index (χ3v) is 3.33. The first-order valence-electron chi connectivity index (χ1n) is 7.94. The summed E-state index contributed by atoms with van der Waals surface area (Å²) in [5, 5.41) is 0. The average molecular weight is 262 g/mol. The second-order valence-corrected chi connectivity index (χ2v) is 5.86. The van der Waals surface area contributed by atoms with Crippen molar-refractivity contribution in [3.05, 3.63) is 29.8 Å². The van der Waals surface area contributed by atoms with Crippen molar-refractivity contribution in [1.29, 1.82) is 0 Å². The first-order chi connectivity index (χ1) is 9.22. The molecule has 1 nitrogen and oxygen atoms in total. The van der Waals surface area contributed by atoms with Crippen LogP contribution in [0.25, 0.3) is 0 Å². The molecule has 0 heterocycles. The van der Waals surface area contributed by atoms with Gasteiger partial charge in [-0.05, 0) is 36.5 Å². The number of unbranched alkanes of at least 4 members (excludes halogenated alkanes) is 5. The van der Waals surface area contributed by atoms with Gasteiger partial charge in [-0.15, -0.1) is 0 Å². The van der Waals surface area contributed by atoms with Gasteiger partial charge in [-0.1, -0.05) is 65.0 Å². The van der Waals surface area contributed by atoms with Crippen LogP contribution in [0.3, 0.4) is 0 Å². The van der Waals surface area contributed by atoms with Crippen molar-refractivity contribution in [3.63, 3.8) is 0 Å². The molecule has 0 radical (unpaired) electrons. The number of hydrogen-bond donors (Lipinski definition) is 0. The fourth-order valence-corrected chi connectivity index (χ4v) is 2.27. The van der Waals surface area contributed by atoms with Gasteiger partial charge in [0.1, 0.15) is 5.75 Å². The van der Waals surface area contributed by atoms with Gasteiger partial charge in [0.15, 0.2) is 0 Å². The molecule has 0 aliphatic rings. The molecule has 0 spiro atoms. The highest BCUT2D eigenvalue weighted by molar-refractivity contribution is 5.27. The van der Waals surface area contributed by atoms with Gasteiger partial charge in [0.2, 0.25) is 0 Å². The monoisotopic (exact) mass is 262 g/mol. The van der Waals surface area contributed by atoms with E-state index < -0.39 is 0 Å². The number of ether oxygens (including phenoxy) is 1. The zero-order valence-corrected chi connectivity index (χ0v) is 13.0. The Morgan fingerprint density at radius 3 is 2.16 bits per heavy atom. The first-order valence-corrected chi connectivity index (χ1v) is 7.94. The molecule has 0 amide bonds. The van der Waals surface area contributed by atoms with E-state index in [0.29, 0.717) is 0 Å². The topological polar surface area (TPSA) is 9.23 Å². The number of benzene rings is 1. The number of hydrogen-bond acceptors (Lipinski definition) is 1. The van der Waals surface area contributed by atoms with Crippen LogP contribution in [0.5, 0.6) is 5.75 Å². The van der Waals surface area contributed by atoms with Crippen molar-refractivity contribution in [2.45, 2.75) is 65.7 Å². The molecule has 0 N–H and O–H groups in total. The van der Waals surface area contributed by atoms with E-state index in [1.807, 2.05) is 0 Å². The van der Waals surface area contributed by atoms with Crippen molar-refractivity contribution in [1.82, 2.24) is 0 Å². The van der Waals surface area contributed by atoms with E-state index in [0.717, 1.165) is 24.7 Å². The van der Waals surface area contributed by atoms with Gasteiger partial charge in [0.05, 0.1) is 6.61 Å². The van der Waals surface area contributed by atoms with Gasteiger partial charge in [0, 0.05) is 0 Å². The first kappa shape index (κ1) is 16.1. The van der Waals surface area contributed by atoms with E-state index in [2.05, 4.69) is 45.0 Å². The minimum atomic E-state index is 0.717. The largest absolute Gasteiger partial charge is 0.494 e. The lowest BCUT2D eigenvalue weighted by Gasteiger charge is -2.08. The third kappa shape index (κ3) is 7.92. The van der Waals surface area contributed by atoms with Crippen LogP contribution in [-0.4, -0.2) is 6.61 Å². The van der Waals surface area contributed by atoms with Gasteiger partial charge in [-0.25, -0.2) is 0 Å². The second kappa shape index (κ2) is 9.89. The Morgan fingerprint density at radius 2 is 1.53 bits per heavy atom.